The van der Waals surface area contributed by atoms with Gasteiger partial charge in [-0.05, 0) is 18.9 Å². The molecular formula is C13H17N3O. The van der Waals surface area contributed by atoms with Gasteiger partial charge in [-0.2, -0.15) is 0 Å². The number of hydrogen-bond donors (Lipinski definition) is 2. The van der Waals surface area contributed by atoms with E-state index in [1.165, 1.54) is 12.8 Å². The highest BCUT2D eigenvalue weighted by Gasteiger charge is 2.32. The largest absolute Gasteiger partial charge is 0.380 e. The van der Waals surface area contributed by atoms with Gasteiger partial charge in [-0.3, -0.25) is 9.78 Å². The van der Waals surface area contributed by atoms with E-state index in [0.717, 1.165) is 30.6 Å². The molecule has 17 heavy (non-hydrogen) atoms. The van der Waals surface area contributed by atoms with Crippen LogP contribution in [0.1, 0.15) is 32.1 Å². The van der Waals surface area contributed by atoms with E-state index in [1.807, 2.05) is 6.07 Å². The molecule has 2 N–H and O–H groups in total. The summed E-state index contributed by atoms with van der Waals surface area (Å²) < 4.78 is 0. The van der Waals surface area contributed by atoms with Gasteiger partial charge >= 0.3 is 0 Å². The van der Waals surface area contributed by atoms with Gasteiger partial charge in [0.25, 0.3) is 0 Å². The third-order valence-corrected chi connectivity index (χ3v) is 3.77. The summed E-state index contributed by atoms with van der Waals surface area (Å²) in [5.41, 5.74) is 1.81. The van der Waals surface area contributed by atoms with Crippen molar-refractivity contribution < 1.29 is 4.79 Å². The summed E-state index contributed by atoms with van der Waals surface area (Å²) in [5.74, 6) is 0.251. The van der Waals surface area contributed by atoms with Gasteiger partial charge in [-0.15, -0.1) is 0 Å². The summed E-state index contributed by atoms with van der Waals surface area (Å²) in [5, 5.41) is 6.49. The number of hydrogen-bond acceptors (Lipinski definition) is 3. The molecule has 1 saturated carbocycles. The lowest BCUT2D eigenvalue weighted by Crippen LogP contribution is -2.34. The summed E-state index contributed by atoms with van der Waals surface area (Å²) >= 11 is 0. The van der Waals surface area contributed by atoms with Crippen molar-refractivity contribution in [3.8, 4) is 0 Å². The third kappa shape index (κ3) is 1.99. The molecule has 2 atom stereocenters. The predicted molar refractivity (Wildman–Crippen MR) is 66.9 cm³/mol. The molecule has 1 amide bonds. The Bertz CT molecular complexity index is 432. The Morgan fingerprint density at radius 1 is 1.18 bits per heavy atom. The zero-order valence-electron chi connectivity index (χ0n) is 9.78. The van der Waals surface area contributed by atoms with Crippen LogP contribution in [0, 0.1) is 5.92 Å². The maximum absolute atomic E-state index is 12.2. The van der Waals surface area contributed by atoms with Crippen LogP contribution in [0.4, 0.5) is 11.4 Å². The van der Waals surface area contributed by atoms with Gasteiger partial charge in [0.2, 0.25) is 5.91 Å². The molecule has 1 aliphatic heterocycles. The van der Waals surface area contributed by atoms with Crippen molar-refractivity contribution in [2.75, 3.05) is 10.6 Å². The molecule has 2 unspecified atom stereocenters. The van der Waals surface area contributed by atoms with E-state index < -0.39 is 0 Å². The Morgan fingerprint density at radius 3 is 3.00 bits per heavy atom. The highest BCUT2D eigenvalue weighted by atomic mass is 16.2. The standard InChI is InChI=1S/C13H17N3O/c17-13-9-4-2-1-3-5-10(9)15-11-6-7-14-8-12(11)16-13/h6-10,15H,1-5H2,(H,16,17). The minimum atomic E-state index is 0.102. The number of carbonyl (C=O) groups excluding carboxylic acids is 1. The molecule has 1 aromatic heterocycles. The second kappa shape index (κ2) is 4.35. The number of amides is 1. The topological polar surface area (TPSA) is 54.0 Å². The van der Waals surface area contributed by atoms with Crippen LogP contribution in [0.15, 0.2) is 18.5 Å². The van der Waals surface area contributed by atoms with Gasteiger partial charge in [0.15, 0.2) is 0 Å². The van der Waals surface area contributed by atoms with Gasteiger partial charge in [0.05, 0.1) is 23.5 Å². The molecular weight excluding hydrogens is 214 g/mol. The zero-order valence-corrected chi connectivity index (χ0v) is 9.78. The Morgan fingerprint density at radius 2 is 2.06 bits per heavy atom. The van der Waals surface area contributed by atoms with E-state index in [4.69, 9.17) is 0 Å². The van der Waals surface area contributed by atoms with Crippen molar-refractivity contribution in [3.63, 3.8) is 0 Å². The van der Waals surface area contributed by atoms with Gasteiger partial charge in [0, 0.05) is 12.2 Å². The molecule has 4 heteroatoms. The molecule has 0 spiro atoms. The second-order valence-electron chi connectivity index (χ2n) is 4.91. The molecule has 0 bridgehead atoms. The first-order valence-electron chi connectivity index (χ1n) is 6.36. The molecule has 0 aromatic carbocycles. The van der Waals surface area contributed by atoms with Gasteiger partial charge in [-0.25, -0.2) is 0 Å². The molecule has 0 radical (unpaired) electrons. The van der Waals surface area contributed by atoms with Crippen molar-refractivity contribution in [1.29, 1.82) is 0 Å². The summed E-state index contributed by atoms with van der Waals surface area (Å²) in [7, 11) is 0. The Hall–Kier alpha value is -1.58. The highest BCUT2D eigenvalue weighted by molar-refractivity contribution is 5.97. The summed E-state index contributed by atoms with van der Waals surface area (Å²) in [6.07, 6.45) is 9.16. The fourth-order valence-corrected chi connectivity index (χ4v) is 2.84. The smallest absolute Gasteiger partial charge is 0.229 e. The lowest BCUT2D eigenvalue weighted by molar-refractivity contribution is -0.120. The normalized spacial score (nSPS) is 27.9. The van der Waals surface area contributed by atoms with Gasteiger partial charge in [0.1, 0.15) is 0 Å². The van der Waals surface area contributed by atoms with Crippen LogP contribution in [0.2, 0.25) is 0 Å². The number of nitrogens with one attached hydrogen (secondary N) is 2. The van der Waals surface area contributed by atoms with Crippen LogP contribution in [-0.4, -0.2) is 16.9 Å². The maximum atomic E-state index is 12.2. The van der Waals surface area contributed by atoms with Crippen LogP contribution < -0.4 is 10.6 Å². The van der Waals surface area contributed by atoms with Crippen molar-refractivity contribution in [3.05, 3.63) is 18.5 Å². The Labute approximate surface area is 101 Å². The summed E-state index contributed by atoms with van der Waals surface area (Å²) in [4.78, 5) is 16.2. The zero-order chi connectivity index (χ0) is 11.7. The highest BCUT2D eigenvalue weighted by Crippen LogP contribution is 2.33. The monoisotopic (exact) mass is 231 g/mol. The third-order valence-electron chi connectivity index (χ3n) is 3.77. The minimum Gasteiger partial charge on any atom is -0.380 e. The number of nitrogens with zero attached hydrogens (tertiary/aromatic N) is 1. The predicted octanol–water partition coefficient (Wildman–Crippen LogP) is 2.39. The molecule has 4 nitrogen and oxygen atoms in total. The number of aromatic nitrogens is 1. The molecule has 2 aliphatic rings. The number of carbonyl (C=O) groups is 1. The van der Waals surface area contributed by atoms with Gasteiger partial charge in [-0.1, -0.05) is 19.3 Å². The Balaban J connectivity index is 1.94. The second-order valence-corrected chi connectivity index (χ2v) is 4.91. The number of fused-ring (bicyclic) bond motifs is 2. The van der Waals surface area contributed by atoms with E-state index in [9.17, 15) is 4.79 Å². The fourth-order valence-electron chi connectivity index (χ4n) is 2.84. The van der Waals surface area contributed by atoms with Crippen LogP contribution in [0.25, 0.3) is 0 Å². The first kappa shape index (κ1) is 10.6. The number of pyridine rings is 1. The first-order valence-corrected chi connectivity index (χ1v) is 6.36. The van der Waals surface area contributed by atoms with Crippen LogP contribution in [-0.2, 0) is 4.79 Å². The van der Waals surface area contributed by atoms with Crippen LogP contribution in [0.3, 0.4) is 0 Å². The fraction of sp³-hybridized carbons (Fsp3) is 0.538. The van der Waals surface area contributed by atoms with E-state index in [2.05, 4.69) is 15.6 Å². The molecule has 1 aromatic rings. The lowest BCUT2D eigenvalue weighted by Gasteiger charge is -2.22. The van der Waals surface area contributed by atoms with Crippen LogP contribution >= 0.6 is 0 Å². The van der Waals surface area contributed by atoms with E-state index >= 15 is 0 Å². The van der Waals surface area contributed by atoms with Crippen molar-refractivity contribution in [1.82, 2.24) is 4.98 Å². The molecule has 1 fully saturated rings. The lowest BCUT2D eigenvalue weighted by atomic mass is 9.94. The first-order chi connectivity index (χ1) is 8.34. The van der Waals surface area contributed by atoms with Gasteiger partial charge < -0.3 is 10.6 Å². The SMILES string of the molecule is O=C1Nc2cnccc2NC2CCCCCC12. The van der Waals surface area contributed by atoms with E-state index in [-0.39, 0.29) is 17.9 Å². The average Bonchev–Trinajstić information content (AvgIpc) is 2.62. The average molecular weight is 231 g/mol. The summed E-state index contributed by atoms with van der Waals surface area (Å²) in [6.45, 7) is 0. The quantitative estimate of drug-likeness (QED) is 0.721. The van der Waals surface area contributed by atoms with Crippen LogP contribution in [0.5, 0.6) is 0 Å². The number of anilines is 2. The van der Waals surface area contributed by atoms with Crippen molar-refractivity contribution >= 4 is 17.3 Å². The molecule has 3 rings (SSSR count). The van der Waals surface area contributed by atoms with E-state index in [0.29, 0.717) is 0 Å². The number of rotatable bonds is 0. The summed E-state index contributed by atoms with van der Waals surface area (Å²) in [6, 6.07) is 2.21. The minimum absolute atomic E-state index is 0.102. The van der Waals surface area contributed by atoms with Crippen molar-refractivity contribution in [2.45, 2.75) is 38.1 Å². The molecule has 0 saturated heterocycles. The maximum Gasteiger partial charge on any atom is 0.229 e. The molecule has 90 valence electrons. The molecule has 1 aliphatic carbocycles. The Kier molecular flexibility index (Phi) is 2.71. The molecule has 2 heterocycles. The van der Waals surface area contributed by atoms with Crippen molar-refractivity contribution in [2.24, 2.45) is 5.92 Å². The van der Waals surface area contributed by atoms with E-state index in [1.54, 1.807) is 12.4 Å².